The van der Waals surface area contributed by atoms with Crippen LogP contribution >= 0.6 is 11.6 Å². The Morgan fingerprint density at radius 2 is 2.15 bits per heavy atom. The zero-order chi connectivity index (χ0) is 9.84. The van der Waals surface area contributed by atoms with Gasteiger partial charge in [-0.25, -0.2) is 4.39 Å². The second kappa shape index (κ2) is 4.38. The first-order valence-electron chi connectivity index (χ1n) is 4.12. The number of hydrogen-bond donors (Lipinski definition) is 0. The number of rotatable bonds is 3. The molecule has 0 aliphatic rings. The fourth-order valence-corrected chi connectivity index (χ4v) is 1.31. The zero-order valence-corrected chi connectivity index (χ0v) is 8.07. The number of hydrogen-bond acceptors (Lipinski definition) is 1. The van der Waals surface area contributed by atoms with Gasteiger partial charge in [-0.2, -0.15) is 0 Å². The number of carbonyl (C=O) groups excluding carboxylic acids is 1. The van der Waals surface area contributed by atoms with E-state index in [9.17, 15) is 9.18 Å². The summed E-state index contributed by atoms with van der Waals surface area (Å²) in [4.78, 5) is 11.3. The normalized spacial score (nSPS) is 10.1. The van der Waals surface area contributed by atoms with Gasteiger partial charge in [-0.3, -0.25) is 4.79 Å². The number of benzene rings is 1. The van der Waals surface area contributed by atoms with Crippen molar-refractivity contribution in [3.8, 4) is 0 Å². The fourth-order valence-electron chi connectivity index (χ4n) is 1.09. The largest absolute Gasteiger partial charge is 0.294 e. The zero-order valence-electron chi connectivity index (χ0n) is 7.31. The Balaban J connectivity index is 2.94. The van der Waals surface area contributed by atoms with Crippen molar-refractivity contribution in [2.45, 2.75) is 19.8 Å². The molecule has 0 saturated heterocycles. The molecule has 0 aliphatic carbocycles. The van der Waals surface area contributed by atoms with Crippen LogP contribution in [0.1, 0.15) is 30.1 Å². The lowest BCUT2D eigenvalue weighted by Crippen LogP contribution is -1.98. The standard InChI is InChI=1S/C10H10ClFO/c1-2-3-10(13)7-4-8(11)6-9(12)5-7/h4-6H,2-3H2,1H3. The highest BCUT2D eigenvalue weighted by molar-refractivity contribution is 6.31. The highest BCUT2D eigenvalue weighted by Gasteiger charge is 2.06. The van der Waals surface area contributed by atoms with Crippen LogP contribution in [0.4, 0.5) is 4.39 Å². The van der Waals surface area contributed by atoms with Crippen LogP contribution in [0, 0.1) is 5.82 Å². The van der Waals surface area contributed by atoms with Gasteiger partial charge in [0, 0.05) is 17.0 Å². The Hall–Kier alpha value is -0.890. The molecule has 0 amide bonds. The molecule has 0 spiro atoms. The molecule has 70 valence electrons. The van der Waals surface area contributed by atoms with Crippen LogP contribution in [0.5, 0.6) is 0 Å². The van der Waals surface area contributed by atoms with Gasteiger partial charge in [0.05, 0.1) is 0 Å². The molecule has 0 unspecified atom stereocenters. The van der Waals surface area contributed by atoms with Crippen molar-refractivity contribution in [3.05, 3.63) is 34.6 Å². The Kier molecular flexibility index (Phi) is 3.43. The fraction of sp³-hybridized carbons (Fsp3) is 0.300. The maximum absolute atomic E-state index is 12.8. The Morgan fingerprint density at radius 3 is 2.69 bits per heavy atom. The average Bonchev–Trinajstić information content (AvgIpc) is 2.03. The number of Topliss-reactive ketones (excluding diaryl/α,β-unsaturated/α-hetero) is 1. The van der Waals surface area contributed by atoms with E-state index in [0.717, 1.165) is 6.42 Å². The molecule has 1 nitrogen and oxygen atoms in total. The maximum atomic E-state index is 12.8. The van der Waals surface area contributed by atoms with Crippen LogP contribution in [0.3, 0.4) is 0 Å². The van der Waals surface area contributed by atoms with Crippen LogP contribution in [-0.4, -0.2) is 5.78 Å². The highest BCUT2D eigenvalue weighted by atomic mass is 35.5. The molecule has 0 aromatic heterocycles. The molecule has 0 heterocycles. The molecule has 1 aromatic carbocycles. The lowest BCUT2D eigenvalue weighted by atomic mass is 10.1. The first-order chi connectivity index (χ1) is 6.13. The van der Waals surface area contributed by atoms with Crippen molar-refractivity contribution in [2.24, 2.45) is 0 Å². The van der Waals surface area contributed by atoms with E-state index in [1.54, 1.807) is 0 Å². The molecule has 0 bridgehead atoms. The lowest BCUT2D eigenvalue weighted by Gasteiger charge is -1.99. The monoisotopic (exact) mass is 200 g/mol. The molecule has 0 N–H and O–H groups in total. The summed E-state index contributed by atoms with van der Waals surface area (Å²) in [7, 11) is 0. The minimum atomic E-state index is -0.466. The van der Waals surface area contributed by atoms with E-state index in [4.69, 9.17) is 11.6 Å². The Bertz CT molecular complexity index is 302. The molecular formula is C10H10ClFO. The van der Waals surface area contributed by atoms with E-state index >= 15 is 0 Å². The Morgan fingerprint density at radius 1 is 1.46 bits per heavy atom. The molecule has 0 atom stereocenters. The van der Waals surface area contributed by atoms with E-state index in [1.807, 2.05) is 6.92 Å². The molecular weight excluding hydrogens is 191 g/mol. The third-order valence-corrected chi connectivity index (χ3v) is 1.88. The second-order valence-corrected chi connectivity index (χ2v) is 3.27. The third-order valence-electron chi connectivity index (χ3n) is 1.66. The summed E-state index contributed by atoms with van der Waals surface area (Å²) in [5, 5.41) is 0.263. The summed E-state index contributed by atoms with van der Waals surface area (Å²) in [6.45, 7) is 1.90. The molecule has 0 radical (unpaired) electrons. The van der Waals surface area contributed by atoms with Crippen LogP contribution in [-0.2, 0) is 0 Å². The number of ketones is 1. The summed E-state index contributed by atoms with van der Waals surface area (Å²) in [6, 6.07) is 3.89. The van der Waals surface area contributed by atoms with Gasteiger partial charge in [-0.1, -0.05) is 18.5 Å². The molecule has 1 aromatic rings. The molecule has 0 saturated carbocycles. The summed E-state index contributed by atoms with van der Waals surface area (Å²) >= 11 is 5.60. The third kappa shape index (κ3) is 2.81. The van der Waals surface area contributed by atoms with E-state index in [1.165, 1.54) is 18.2 Å². The van der Waals surface area contributed by atoms with Gasteiger partial charge in [0.25, 0.3) is 0 Å². The molecule has 1 rings (SSSR count). The van der Waals surface area contributed by atoms with Crippen LogP contribution in [0.2, 0.25) is 5.02 Å². The molecule has 13 heavy (non-hydrogen) atoms. The second-order valence-electron chi connectivity index (χ2n) is 2.83. The summed E-state index contributed by atoms with van der Waals surface area (Å²) in [5.41, 5.74) is 0.354. The first kappa shape index (κ1) is 10.2. The van der Waals surface area contributed by atoms with Crippen LogP contribution < -0.4 is 0 Å². The van der Waals surface area contributed by atoms with Gasteiger partial charge in [-0.05, 0) is 24.6 Å². The predicted molar refractivity (Wildman–Crippen MR) is 50.6 cm³/mol. The molecule has 0 fully saturated rings. The first-order valence-corrected chi connectivity index (χ1v) is 4.50. The summed E-state index contributed by atoms with van der Waals surface area (Å²) in [5.74, 6) is -0.532. The van der Waals surface area contributed by atoms with Gasteiger partial charge in [0.15, 0.2) is 5.78 Å². The smallest absolute Gasteiger partial charge is 0.163 e. The molecule has 0 aliphatic heterocycles. The Labute approximate surface area is 81.5 Å². The highest BCUT2D eigenvalue weighted by Crippen LogP contribution is 2.15. The van der Waals surface area contributed by atoms with Gasteiger partial charge in [0.1, 0.15) is 5.82 Å². The lowest BCUT2D eigenvalue weighted by molar-refractivity contribution is 0.0981. The van der Waals surface area contributed by atoms with Crippen molar-refractivity contribution in [2.75, 3.05) is 0 Å². The van der Waals surface area contributed by atoms with Gasteiger partial charge < -0.3 is 0 Å². The van der Waals surface area contributed by atoms with E-state index in [0.29, 0.717) is 12.0 Å². The summed E-state index contributed by atoms with van der Waals surface area (Å²) < 4.78 is 12.8. The van der Waals surface area contributed by atoms with Crippen molar-refractivity contribution in [1.82, 2.24) is 0 Å². The predicted octanol–water partition coefficient (Wildman–Crippen LogP) is 3.46. The van der Waals surface area contributed by atoms with E-state index in [-0.39, 0.29) is 10.8 Å². The maximum Gasteiger partial charge on any atom is 0.163 e. The van der Waals surface area contributed by atoms with Crippen LogP contribution in [0.15, 0.2) is 18.2 Å². The van der Waals surface area contributed by atoms with Gasteiger partial charge in [0.2, 0.25) is 0 Å². The molecule has 3 heteroatoms. The van der Waals surface area contributed by atoms with Crippen molar-refractivity contribution in [1.29, 1.82) is 0 Å². The number of carbonyl (C=O) groups is 1. The van der Waals surface area contributed by atoms with Crippen molar-refractivity contribution in [3.63, 3.8) is 0 Å². The minimum absolute atomic E-state index is 0.0658. The van der Waals surface area contributed by atoms with Crippen LogP contribution in [0.25, 0.3) is 0 Å². The van der Waals surface area contributed by atoms with E-state index in [2.05, 4.69) is 0 Å². The topological polar surface area (TPSA) is 17.1 Å². The minimum Gasteiger partial charge on any atom is -0.294 e. The SMILES string of the molecule is CCCC(=O)c1cc(F)cc(Cl)c1. The number of halogens is 2. The van der Waals surface area contributed by atoms with Gasteiger partial charge in [-0.15, -0.1) is 0 Å². The average molecular weight is 201 g/mol. The van der Waals surface area contributed by atoms with Crippen molar-refractivity contribution < 1.29 is 9.18 Å². The van der Waals surface area contributed by atoms with Gasteiger partial charge >= 0.3 is 0 Å². The summed E-state index contributed by atoms with van der Waals surface area (Å²) in [6.07, 6.45) is 1.19. The van der Waals surface area contributed by atoms with E-state index < -0.39 is 5.82 Å². The van der Waals surface area contributed by atoms with Crippen molar-refractivity contribution >= 4 is 17.4 Å². The quantitative estimate of drug-likeness (QED) is 0.683.